The number of pyridine rings is 1. The summed E-state index contributed by atoms with van der Waals surface area (Å²) in [5.41, 5.74) is 4.59. The number of nitrogens with zero attached hydrogens (tertiary/aromatic N) is 4. The summed E-state index contributed by atoms with van der Waals surface area (Å²) in [5, 5.41) is 16.8. The molecule has 0 bridgehead atoms. The van der Waals surface area contributed by atoms with Crippen LogP contribution in [0.1, 0.15) is 61.9 Å². The first kappa shape index (κ1) is 44.1. The van der Waals surface area contributed by atoms with Crippen molar-refractivity contribution in [3.63, 3.8) is 0 Å². The van der Waals surface area contributed by atoms with Gasteiger partial charge in [-0.25, -0.2) is 18.1 Å². The van der Waals surface area contributed by atoms with Gasteiger partial charge in [0.1, 0.15) is 22.8 Å². The van der Waals surface area contributed by atoms with Gasteiger partial charge in [0.2, 0.25) is 0 Å². The summed E-state index contributed by atoms with van der Waals surface area (Å²) in [4.78, 5) is 37.1. The maximum absolute atomic E-state index is 13.9. The van der Waals surface area contributed by atoms with E-state index in [2.05, 4.69) is 55.8 Å². The Labute approximate surface area is 372 Å². The smallest absolute Gasteiger partial charge is 0.293 e. The van der Waals surface area contributed by atoms with Crippen molar-refractivity contribution in [2.75, 3.05) is 63.2 Å². The second kappa shape index (κ2) is 18.7. The van der Waals surface area contributed by atoms with Crippen LogP contribution in [0.25, 0.3) is 16.6 Å². The molecule has 0 radical (unpaired) electrons. The van der Waals surface area contributed by atoms with Gasteiger partial charge in [-0.15, -0.1) is 0 Å². The van der Waals surface area contributed by atoms with Crippen molar-refractivity contribution >= 4 is 61.2 Å². The number of sulfonamides is 1. The van der Waals surface area contributed by atoms with E-state index in [1.807, 2.05) is 18.2 Å². The summed E-state index contributed by atoms with van der Waals surface area (Å²) in [6.07, 6.45) is 7.94. The van der Waals surface area contributed by atoms with E-state index in [0.29, 0.717) is 48.6 Å². The molecule has 15 nitrogen and oxygen atoms in total. The van der Waals surface area contributed by atoms with Crippen LogP contribution >= 0.6 is 11.6 Å². The summed E-state index contributed by atoms with van der Waals surface area (Å²) in [6, 6.07) is 20.2. The van der Waals surface area contributed by atoms with Gasteiger partial charge in [0.15, 0.2) is 0 Å². The van der Waals surface area contributed by atoms with E-state index >= 15 is 0 Å². The molecule has 8 rings (SSSR count). The maximum Gasteiger partial charge on any atom is 0.293 e. The van der Waals surface area contributed by atoms with Gasteiger partial charge in [-0.1, -0.05) is 23.7 Å². The summed E-state index contributed by atoms with van der Waals surface area (Å²) in [5.74, 6) is -0.205. The van der Waals surface area contributed by atoms with Gasteiger partial charge in [-0.3, -0.25) is 19.8 Å². The zero-order valence-electron chi connectivity index (χ0n) is 35.6. The van der Waals surface area contributed by atoms with E-state index in [9.17, 15) is 23.3 Å². The Hall–Kier alpha value is -5.52. The molecular formula is C46H52ClN7O8S. The number of nitro groups is 1. The van der Waals surface area contributed by atoms with Crippen LogP contribution in [0.15, 0.2) is 95.7 Å². The molecule has 17 heteroatoms. The third-order valence-corrected chi connectivity index (χ3v) is 13.8. The summed E-state index contributed by atoms with van der Waals surface area (Å²) < 4.78 is 47.6. The number of hydrogen-bond donors (Lipinski definition) is 3. The lowest BCUT2D eigenvalue weighted by Gasteiger charge is -2.39. The molecule has 5 aromatic rings. The van der Waals surface area contributed by atoms with E-state index in [4.69, 9.17) is 25.8 Å². The molecule has 63 heavy (non-hydrogen) atoms. The summed E-state index contributed by atoms with van der Waals surface area (Å²) in [7, 11) is -2.87. The van der Waals surface area contributed by atoms with Gasteiger partial charge in [-0.2, -0.15) is 0 Å². The van der Waals surface area contributed by atoms with Gasteiger partial charge < -0.3 is 29.4 Å². The molecule has 1 amide bonds. The van der Waals surface area contributed by atoms with Crippen LogP contribution in [0, 0.1) is 16.0 Å². The van der Waals surface area contributed by atoms with Crippen LogP contribution in [0.5, 0.6) is 11.5 Å². The van der Waals surface area contributed by atoms with E-state index in [0.717, 1.165) is 74.4 Å². The number of rotatable bonds is 14. The number of piperazine rings is 1. The molecule has 0 spiro atoms. The maximum atomic E-state index is 13.9. The summed E-state index contributed by atoms with van der Waals surface area (Å²) >= 11 is 6.22. The van der Waals surface area contributed by atoms with Gasteiger partial charge in [0, 0.05) is 87.2 Å². The summed E-state index contributed by atoms with van der Waals surface area (Å²) in [6.45, 7) is 8.93. The Bertz CT molecular complexity index is 2620. The average Bonchev–Trinajstić information content (AvgIpc) is 3.75. The first-order valence-electron chi connectivity index (χ1n) is 21.2. The van der Waals surface area contributed by atoms with Crippen LogP contribution in [0.4, 0.5) is 17.1 Å². The number of fused-ring (bicyclic) bond motifs is 1. The molecule has 1 saturated carbocycles. The van der Waals surface area contributed by atoms with Gasteiger partial charge in [0.25, 0.3) is 21.6 Å². The highest BCUT2D eigenvalue weighted by molar-refractivity contribution is 7.90. The number of carbonyl (C=O) groups is 1. The fourth-order valence-electron chi connectivity index (χ4n) is 8.63. The van der Waals surface area contributed by atoms with E-state index in [1.54, 1.807) is 31.5 Å². The number of nitrogens with one attached hydrogen (secondary N) is 3. The van der Waals surface area contributed by atoms with Crippen LogP contribution < -0.4 is 19.7 Å². The van der Waals surface area contributed by atoms with Crippen molar-refractivity contribution in [2.45, 2.75) is 62.6 Å². The molecule has 332 valence electrons. The molecule has 2 fully saturated rings. The number of methoxy groups -OCH3 is 1. The Balaban J connectivity index is 0.991. The second-order valence-electron chi connectivity index (χ2n) is 17.1. The van der Waals surface area contributed by atoms with E-state index < -0.39 is 31.4 Å². The molecule has 3 N–H and O–H groups in total. The number of nitro benzene ring substituents is 1. The normalized spacial score (nSPS) is 19.5. The number of H-pyrrole nitrogens is 1. The van der Waals surface area contributed by atoms with Gasteiger partial charge in [0.05, 0.1) is 39.9 Å². The number of hydrogen-bond acceptors (Lipinski definition) is 12. The molecule has 3 aromatic carbocycles. The Kier molecular flexibility index (Phi) is 13.1. The Morgan fingerprint density at radius 1 is 1.02 bits per heavy atom. The van der Waals surface area contributed by atoms with Crippen molar-refractivity contribution in [3.05, 3.63) is 117 Å². The minimum Gasteiger partial charge on any atom is -0.455 e. The predicted molar refractivity (Wildman–Crippen MR) is 243 cm³/mol. The first-order chi connectivity index (χ1) is 30.2. The zero-order chi connectivity index (χ0) is 44.3. The number of halogens is 1. The SMILES string of the molecule is COC1CCC(CNc2ccc(S(=O)(=O)NC(=O)c3ccc(N4CCN(CC5=C(c6ccc(Cl)cc6)CC(C)(C)OC5)CC4)cc3Oc3cnc4[nH]ccc4c3)cc2[N+](=O)[O-])CC1. The van der Waals surface area contributed by atoms with Crippen molar-refractivity contribution in [3.8, 4) is 11.5 Å². The minimum absolute atomic E-state index is 0.0482. The van der Waals surface area contributed by atoms with Crippen molar-refractivity contribution < 1.29 is 32.3 Å². The average molecular weight is 898 g/mol. The monoisotopic (exact) mass is 897 g/mol. The standard InChI is InChI=1S/C46H52ClN7O8S/c1-46(2)25-40(31-6-8-34(47)9-7-31)33(29-61-46)28-52-18-20-53(21-19-52)35-10-14-39(43(23-35)62-37-22-32-16-17-48-44(32)50-27-37)45(55)51-63(58,59)38-13-15-41(42(24-38)54(56)57)49-26-30-4-11-36(60-3)12-5-30/h6-10,13-17,22-24,27,30,36,49H,4-5,11-12,18-21,25-26,28-29H2,1-3H3,(H,48,50)(H,51,55). The predicted octanol–water partition coefficient (Wildman–Crippen LogP) is 8.43. The molecule has 4 heterocycles. The van der Waals surface area contributed by atoms with Crippen molar-refractivity contribution in [1.29, 1.82) is 0 Å². The van der Waals surface area contributed by atoms with Crippen LogP contribution in [-0.2, 0) is 19.5 Å². The largest absolute Gasteiger partial charge is 0.455 e. The molecule has 0 unspecified atom stereocenters. The molecule has 1 aliphatic carbocycles. The Morgan fingerprint density at radius 3 is 2.51 bits per heavy atom. The first-order valence-corrected chi connectivity index (χ1v) is 23.0. The lowest BCUT2D eigenvalue weighted by Crippen LogP contribution is -2.47. The lowest BCUT2D eigenvalue weighted by atomic mass is 9.87. The molecule has 0 atom stereocenters. The van der Waals surface area contributed by atoms with Crippen molar-refractivity contribution in [2.24, 2.45) is 5.92 Å². The molecule has 1 saturated heterocycles. The second-order valence-corrected chi connectivity index (χ2v) is 19.2. The zero-order valence-corrected chi connectivity index (χ0v) is 37.1. The number of amides is 1. The highest BCUT2D eigenvalue weighted by atomic mass is 35.5. The molecule has 2 aliphatic heterocycles. The number of benzene rings is 3. The number of carbonyl (C=O) groups excluding carboxylic acids is 1. The number of aromatic amines is 1. The van der Waals surface area contributed by atoms with E-state index in [1.165, 1.54) is 35.5 Å². The third kappa shape index (κ3) is 10.5. The number of aromatic nitrogens is 2. The van der Waals surface area contributed by atoms with E-state index in [-0.39, 0.29) is 28.7 Å². The molecule has 2 aromatic heterocycles. The fourth-order valence-corrected chi connectivity index (χ4v) is 9.74. The van der Waals surface area contributed by atoms with Gasteiger partial charge >= 0.3 is 0 Å². The topological polar surface area (TPSA) is 181 Å². The third-order valence-electron chi connectivity index (χ3n) is 12.2. The fraction of sp³-hybridized carbons (Fsp3) is 0.391. The quantitative estimate of drug-likeness (QED) is 0.0716. The highest BCUT2D eigenvalue weighted by Crippen LogP contribution is 2.37. The van der Waals surface area contributed by atoms with Crippen LogP contribution in [0.2, 0.25) is 5.02 Å². The Morgan fingerprint density at radius 2 is 1.78 bits per heavy atom. The highest BCUT2D eigenvalue weighted by Gasteiger charge is 2.31. The molecular weight excluding hydrogens is 846 g/mol. The van der Waals surface area contributed by atoms with Crippen LogP contribution in [0.3, 0.4) is 0 Å². The van der Waals surface area contributed by atoms with Gasteiger partial charge in [-0.05, 0) is 111 Å². The lowest BCUT2D eigenvalue weighted by molar-refractivity contribution is -0.384. The van der Waals surface area contributed by atoms with Crippen LogP contribution in [-0.4, -0.2) is 98.8 Å². The molecule has 3 aliphatic rings. The van der Waals surface area contributed by atoms with Crippen molar-refractivity contribution in [1.82, 2.24) is 19.6 Å². The minimum atomic E-state index is -4.57. The number of anilines is 2. The number of ether oxygens (including phenoxy) is 3.